The number of hydrogen-bond donors (Lipinski definition) is 1. The van der Waals surface area contributed by atoms with Gasteiger partial charge in [-0.1, -0.05) is 46.3 Å². The highest BCUT2D eigenvalue weighted by molar-refractivity contribution is 9.10. The highest BCUT2D eigenvalue weighted by Gasteiger charge is 2.50. The minimum atomic E-state index is -0.669. The SMILES string of the molecule is Cc1cc(NC(=O)COC(=O)c2ccc(N3C(=O)[C@@H]4CC[C@@H](c5ccccc5)C[C@H]4C3=O)cc2)ccc1Br. The fourth-order valence-corrected chi connectivity index (χ4v) is 5.59. The maximum absolute atomic E-state index is 13.3. The van der Waals surface area contributed by atoms with Crippen LogP contribution in [0.3, 0.4) is 0 Å². The van der Waals surface area contributed by atoms with Gasteiger partial charge in [-0.15, -0.1) is 0 Å². The fraction of sp³-hybridized carbons (Fsp3) is 0.267. The summed E-state index contributed by atoms with van der Waals surface area (Å²) in [5.41, 5.74) is 3.43. The molecule has 0 radical (unpaired) electrons. The van der Waals surface area contributed by atoms with Crippen LogP contribution >= 0.6 is 15.9 Å². The van der Waals surface area contributed by atoms with E-state index in [9.17, 15) is 19.2 Å². The molecule has 2 fully saturated rings. The number of ether oxygens (including phenoxy) is 1. The quantitative estimate of drug-likeness (QED) is 0.304. The molecule has 194 valence electrons. The van der Waals surface area contributed by atoms with Crippen molar-refractivity contribution in [2.24, 2.45) is 11.8 Å². The maximum atomic E-state index is 13.3. The Morgan fingerprint density at radius 1 is 0.947 bits per heavy atom. The number of carbonyl (C=O) groups excluding carboxylic acids is 4. The Morgan fingerprint density at radius 2 is 1.66 bits per heavy atom. The largest absolute Gasteiger partial charge is 0.452 e. The molecule has 1 heterocycles. The number of benzene rings is 3. The lowest BCUT2D eigenvalue weighted by Gasteiger charge is -2.28. The third kappa shape index (κ3) is 5.27. The van der Waals surface area contributed by atoms with Gasteiger partial charge in [0.15, 0.2) is 6.61 Å². The first kappa shape index (κ1) is 25.9. The molecule has 0 bridgehead atoms. The molecule has 2 aliphatic rings. The molecule has 3 aromatic carbocycles. The third-order valence-corrected chi connectivity index (χ3v) is 8.22. The topological polar surface area (TPSA) is 92.8 Å². The standard InChI is InChI=1S/C30H27BrN2O5/c1-18-15-22(10-14-26(18)31)32-27(34)17-38-30(37)20-7-11-23(12-8-20)33-28(35)24-13-9-21(16-25(24)29(33)36)19-5-3-2-4-6-19/h2-8,10-12,14-15,21,24-25H,9,13,16-17H2,1H3,(H,32,34)/t21-,24-,25-/m1/s1. The number of nitrogens with zero attached hydrogens (tertiary/aromatic N) is 1. The Bertz CT molecular complexity index is 1390. The number of hydrogen-bond acceptors (Lipinski definition) is 5. The summed E-state index contributed by atoms with van der Waals surface area (Å²) in [6.07, 6.45) is 2.21. The van der Waals surface area contributed by atoms with Crippen molar-refractivity contribution in [2.45, 2.75) is 32.1 Å². The normalized spacial score (nSPS) is 20.7. The Hall–Kier alpha value is -3.78. The average molecular weight is 575 g/mol. The highest BCUT2D eigenvalue weighted by Crippen LogP contribution is 2.45. The van der Waals surface area contributed by atoms with Crippen LogP contribution in [0.15, 0.2) is 77.3 Å². The van der Waals surface area contributed by atoms with E-state index in [2.05, 4.69) is 33.4 Å². The van der Waals surface area contributed by atoms with Crippen molar-refractivity contribution < 1.29 is 23.9 Å². The Kier molecular flexibility index (Phi) is 7.42. The molecule has 0 spiro atoms. The average Bonchev–Trinajstić information content (AvgIpc) is 3.19. The monoisotopic (exact) mass is 574 g/mol. The second-order valence-corrected chi connectivity index (χ2v) is 10.6. The minimum absolute atomic E-state index is 0.179. The van der Waals surface area contributed by atoms with Gasteiger partial charge in [-0.2, -0.15) is 0 Å². The Labute approximate surface area is 229 Å². The molecule has 5 rings (SSSR count). The number of amides is 3. The molecule has 1 saturated carbocycles. The van der Waals surface area contributed by atoms with Crippen LogP contribution < -0.4 is 10.2 Å². The van der Waals surface area contributed by atoms with Crippen LogP contribution in [0.5, 0.6) is 0 Å². The van der Waals surface area contributed by atoms with E-state index in [4.69, 9.17) is 4.74 Å². The van der Waals surface area contributed by atoms with Gasteiger partial charge in [-0.3, -0.25) is 19.3 Å². The zero-order chi connectivity index (χ0) is 26.8. The van der Waals surface area contributed by atoms with Gasteiger partial charge in [0.1, 0.15) is 0 Å². The van der Waals surface area contributed by atoms with Crippen molar-refractivity contribution in [3.63, 3.8) is 0 Å². The summed E-state index contributed by atoms with van der Waals surface area (Å²) >= 11 is 3.41. The molecule has 1 aliphatic heterocycles. The van der Waals surface area contributed by atoms with Gasteiger partial charge in [0.05, 0.1) is 23.1 Å². The van der Waals surface area contributed by atoms with E-state index >= 15 is 0 Å². The van der Waals surface area contributed by atoms with E-state index in [1.54, 1.807) is 24.3 Å². The number of anilines is 2. The second kappa shape index (κ2) is 10.9. The molecule has 3 aromatic rings. The number of halogens is 1. The van der Waals surface area contributed by atoms with Crippen LogP contribution in [0.1, 0.15) is 46.7 Å². The lowest BCUT2D eigenvalue weighted by atomic mass is 9.73. The van der Waals surface area contributed by atoms with Crippen LogP contribution in [0.2, 0.25) is 0 Å². The fourth-order valence-electron chi connectivity index (χ4n) is 5.34. The highest BCUT2D eigenvalue weighted by atomic mass is 79.9. The Morgan fingerprint density at radius 3 is 2.37 bits per heavy atom. The van der Waals surface area contributed by atoms with Crippen molar-refractivity contribution in [1.29, 1.82) is 0 Å². The first-order valence-electron chi connectivity index (χ1n) is 12.6. The first-order valence-corrected chi connectivity index (χ1v) is 13.4. The first-order chi connectivity index (χ1) is 18.3. The zero-order valence-corrected chi connectivity index (χ0v) is 22.4. The molecule has 3 amide bonds. The van der Waals surface area contributed by atoms with Gasteiger partial charge in [0.25, 0.3) is 5.91 Å². The van der Waals surface area contributed by atoms with Gasteiger partial charge >= 0.3 is 5.97 Å². The molecule has 7 nitrogen and oxygen atoms in total. The maximum Gasteiger partial charge on any atom is 0.338 e. The summed E-state index contributed by atoms with van der Waals surface area (Å²) in [5.74, 6) is -1.87. The van der Waals surface area contributed by atoms with E-state index in [0.717, 1.165) is 16.5 Å². The summed E-state index contributed by atoms with van der Waals surface area (Å²) < 4.78 is 6.08. The van der Waals surface area contributed by atoms with Gasteiger partial charge in [0, 0.05) is 10.2 Å². The van der Waals surface area contributed by atoms with E-state index in [-0.39, 0.29) is 35.1 Å². The van der Waals surface area contributed by atoms with Crippen LogP contribution in [-0.4, -0.2) is 30.3 Å². The molecular weight excluding hydrogens is 548 g/mol. The molecule has 1 aliphatic carbocycles. The lowest BCUT2D eigenvalue weighted by molar-refractivity contribution is -0.122. The van der Waals surface area contributed by atoms with E-state index in [1.165, 1.54) is 22.6 Å². The second-order valence-electron chi connectivity index (χ2n) is 9.78. The summed E-state index contributed by atoms with van der Waals surface area (Å²) in [7, 11) is 0. The van der Waals surface area contributed by atoms with Gasteiger partial charge in [-0.25, -0.2) is 4.79 Å². The molecule has 0 aromatic heterocycles. The number of imide groups is 1. The van der Waals surface area contributed by atoms with E-state index in [1.807, 2.05) is 31.2 Å². The Balaban J connectivity index is 1.19. The van der Waals surface area contributed by atoms with Crippen molar-refractivity contribution >= 4 is 51.0 Å². The number of carbonyl (C=O) groups is 4. The summed E-state index contributed by atoms with van der Waals surface area (Å²) in [6.45, 7) is 1.47. The molecule has 8 heteroatoms. The zero-order valence-electron chi connectivity index (χ0n) is 20.9. The predicted molar refractivity (Wildman–Crippen MR) is 147 cm³/mol. The smallest absolute Gasteiger partial charge is 0.338 e. The van der Waals surface area contributed by atoms with E-state index in [0.29, 0.717) is 24.2 Å². The van der Waals surface area contributed by atoms with Crippen LogP contribution in [0.25, 0.3) is 0 Å². The number of aryl methyl sites for hydroxylation is 1. The van der Waals surface area contributed by atoms with Crippen molar-refractivity contribution in [2.75, 3.05) is 16.8 Å². The van der Waals surface area contributed by atoms with Crippen molar-refractivity contribution in [1.82, 2.24) is 0 Å². The summed E-state index contributed by atoms with van der Waals surface area (Å²) in [5, 5.41) is 2.69. The molecule has 0 unspecified atom stereocenters. The van der Waals surface area contributed by atoms with Crippen molar-refractivity contribution in [3.8, 4) is 0 Å². The molecule has 38 heavy (non-hydrogen) atoms. The predicted octanol–water partition coefficient (Wildman–Crippen LogP) is 5.63. The summed E-state index contributed by atoms with van der Waals surface area (Å²) in [4.78, 5) is 52.4. The third-order valence-electron chi connectivity index (χ3n) is 7.33. The van der Waals surface area contributed by atoms with Gasteiger partial charge in [0.2, 0.25) is 11.8 Å². The molecule has 1 N–H and O–H groups in total. The number of esters is 1. The minimum Gasteiger partial charge on any atom is -0.452 e. The van der Waals surface area contributed by atoms with E-state index < -0.39 is 18.5 Å². The number of rotatable bonds is 6. The van der Waals surface area contributed by atoms with Crippen LogP contribution in [0.4, 0.5) is 11.4 Å². The molecular formula is C30H27BrN2O5. The van der Waals surface area contributed by atoms with Crippen LogP contribution in [0, 0.1) is 18.8 Å². The number of nitrogens with one attached hydrogen (secondary N) is 1. The van der Waals surface area contributed by atoms with Crippen molar-refractivity contribution in [3.05, 3.63) is 94.0 Å². The molecule has 1 saturated heterocycles. The number of fused-ring (bicyclic) bond motifs is 1. The van der Waals surface area contributed by atoms with Gasteiger partial charge in [-0.05, 0) is 85.7 Å². The van der Waals surface area contributed by atoms with Gasteiger partial charge < -0.3 is 10.1 Å². The van der Waals surface area contributed by atoms with Crippen LogP contribution in [-0.2, 0) is 19.1 Å². The summed E-state index contributed by atoms with van der Waals surface area (Å²) in [6, 6.07) is 21.6. The lowest BCUT2D eigenvalue weighted by Crippen LogP contribution is -2.30. The molecule has 3 atom stereocenters.